The van der Waals surface area contributed by atoms with Crippen molar-refractivity contribution in [3.05, 3.63) is 58.1 Å². The summed E-state index contributed by atoms with van der Waals surface area (Å²) >= 11 is 1.43. The summed E-state index contributed by atoms with van der Waals surface area (Å²) < 4.78 is 43.2. The van der Waals surface area contributed by atoms with E-state index in [1.807, 2.05) is 22.4 Å². The molecular weight excluding hydrogens is 405 g/mol. The first kappa shape index (κ1) is 19.6. The van der Waals surface area contributed by atoms with Gasteiger partial charge >= 0.3 is 6.18 Å². The van der Waals surface area contributed by atoms with E-state index in [9.17, 15) is 18.0 Å². The van der Waals surface area contributed by atoms with Crippen molar-refractivity contribution < 1.29 is 22.5 Å². The highest BCUT2D eigenvalue weighted by Crippen LogP contribution is 2.30. The Morgan fingerprint density at radius 2 is 1.83 bits per heavy atom. The molecule has 1 amide bonds. The number of carbonyl (C=O) groups excluding carboxylic acids is 1. The third kappa shape index (κ3) is 4.48. The minimum Gasteiger partial charge on any atom is -0.338 e. The Balaban J connectivity index is 1.34. The average molecular weight is 422 g/mol. The van der Waals surface area contributed by atoms with Crippen LogP contribution in [0.4, 0.5) is 13.2 Å². The molecule has 6 nitrogen and oxygen atoms in total. The van der Waals surface area contributed by atoms with Gasteiger partial charge in [0.1, 0.15) is 0 Å². The summed E-state index contributed by atoms with van der Waals surface area (Å²) in [5.41, 5.74) is -0.265. The van der Waals surface area contributed by atoms with Gasteiger partial charge in [0.05, 0.1) is 17.0 Å². The fourth-order valence-electron chi connectivity index (χ4n) is 3.10. The lowest BCUT2D eigenvalue weighted by Gasteiger charge is -2.33. The number of amides is 1. The quantitative estimate of drug-likeness (QED) is 0.641. The Morgan fingerprint density at radius 1 is 1.10 bits per heavy atom. The first-order chi connectivity index (χ1) is 13.9. The first-order valence-corrected chi connectivity index (χ1v) is 9.83. The van der Waals surface area contributed by atoms with Crippen LogP contribution in [-0.2, 0) is 12.7 Å². The minimum absolute atomic E-state index is 0.0435. The van der Waals surface area contributed by atoms with Gasteiger partial charge in [-0.2, -0.15) is 18.2 Å². The second-order valence-corrected chi connectivity index (χ2v) is 7.58. The van der Waals surface area contributed by atoms with Gasteiger partial charge < -0.3 is 9.42 Å². The molecule has 0 radical (unpaired) electrons. The molecule has 0 unspecified atom stereocenters. The lowest BCUT2D eigenvalue weighted by molar-refractivity contribution is -0.137. The Morgan fingerprint density at radius 3 is 2.45 bits per heavy atom. The topological polar surface area (TPSA) is 62.5 Å². The Hall–Kier alpha value is -2.72. The number of piperazine rings is 1. The highest BCUT2D eigenvalue weighted by atomic mass is 32.1. The van der Waals surface area contributed by atoms with Crippen molar-refractivity contribution in [2.24, 2.45) is 0 Å². The maximum absolute atomic E-state index is 12.7. The molecule has 3 heterocycles. The second kappa shape index (κ2) is 7.96. The Bertz CT molecular complexity index is 962. The van der Waals surface area contributed by atoms with Gasteiger partial charge in [-0.1, -0.05) is 23.4 Å². The summed E-state index contributed by atoms with van der Waals surface area (Å²) in [7, 11) is 0. The molecule has 0 spiro atoms. The van der Waals surface area contributed by atoms with Crippen LogP contribution < -0.4 is 0 Å². The van der Waals surface area contributed by atoms with Gasteiger partial charge in [0.2, 0.25) is 11.7 Å². The highest BCUT2D eigenvalue weighted by molar-refractivity contribution is 7.12. The van der Waals surface area contributed by atoms with Crippen molar-refractivity contribution in [1.29, 1.82) is 0 Å². The summed E-state index contributed by atoms with van der Waals surface area (Å²) in [6, 6.07) is 8.32. The van der Waals surface area contributed by atoms with Gasteiger partial charge in [-0.15, -0.1) is 11.3 Å². The number of thiophene rings is 1. The average Bonchev–Trinajstić information content (AvgIpc) is 3.40. The molecular formula is C19H17F3N4O2S. The van der Waals surface area contributed by atoms with Crippen LogP contribution in [0.1, 0.15) is 21.1 Å². The number of rotatable bonds is 4. The van der Waals surface area contributed by atoms with E-state index in [0.29, 0.717) is 44.2 Å². The number of carbonyl (C=O) groups is 1. The lowest BCUT2D eigenvalue weighted by Crippen LogP contribution is -2.48. The van der Waals surface area contributed by atoms with Crippen molar-refractivity contribution >= 4 is 17.2 Å². The normalized spacial score (nSPS) is 15.6. The maximum Gasteiger partial charge on any atom is 0.416 e. The summed E-state index contributed by atoms with van der Waals surface area (Å²) in [5, 5.41) is 5.75. The molecule has 0 bridgehead atoms. The van der Waals surface area contributed by atoms with E-state index in [2.05, 4.69) is 15.0 Å². The second-order valence-electron chi connectivity index (χ2n) is 6.63. The molecule has 152 valence electrons. The molecule has 2 aromatic heterocycles. The van der Waals surface area contributed by atoms with E-state index < -0.39 is 11.7 Å². The largest absolute Gasteiger partial charge is 0.416 e. The Labute approximate surface area is 168 Å². The molecule has 1 fully saturated rings. The highest BCUT2D eigenvalue weighted by Gasteiger charge is 2.30. The monoisotopic (exact) mass is 422 g/mol. The molecule has 1 aromatic carbocycles. The third-order valence-electron chi connectivity index (χ3n) is 4.69. The number of halogens is 3. The molecule has 1 saturated heterocycles. The zero-order valence-electron chi connectivity index (χ0n) is 15.2. The van der Waals surface area contributed by atoms with Gasteiger partial charge in [-0.25, -0.2) is 0 Å². The van der Waals surface area contributed by atoms with Gasteiger partial charge in [0.15, 0.2) is 0 Å². The van der Waals surface area contributed by atoms with Crippen molar-refractivity contribution in [2.45, 2.75) is 12.7 Å². The van der Waals surface area contributed by atoms with E-state index >= 15 is 0 Å². The van der Waals surface area contributed by atoms with Crippen LogP contribution in [0.25, 0.3) is 11.4 Å². The molecule has 1 aliphatic heterocycles. The summed E-state index contributed by atoms with van der Waals surface area (Å²) in [5.74, 6) is 0.681. The molecule has 29 heavy (non-hydrogen) atoms. The fourth-order valence-corrected chi connectivity index (χ4v) is 3.79. The predicted octanol–water partition coefficient (Wildman–Crippen LogP) is 3.77. The fraction of sp³-hybridized carbons (Fsp3) is 0.316. The maximum atomic E-state index is 12.7. The smallest absolute Gasteiger partial charge is 0.338 e. The number of nitrogens with zero attached hydrogens (tertiary/aromatic N) is 4. The van der Waals surface area contributed by atoms with Crippen molar-refractivity contribution in [2.75, 3.05) is 26.2 Å². The number of alkyl halides is 3. The van der Waals surface area contributed by atoms with Crippen molar-refractivity contribution in [1.82, 2.24) is 19.9 Å². The molecule has 0 atom stereocenters. The zero-order valence-corrected chi connectivity index (χ0v) is 16.0. The molecule has 3 aromatic rings. The van der Waals surface area contributed by atoms with Gasteiger partial charge in [-0.3, -0.25) is 9.69 Å². The SMILES string of the molecule is O=C(c1cccs1)N1CCN(Cc2nc(-c3ccc(C(F)(F)F)cc3)no2)CC1. The van der Waals surface area contributed by atoms with Crippen molar-refractivity contribution in [3.8, 4) is 11.4 Å². The third-order valence-corrected chi connectivity index (χ3v) is 5.55. The van der Waals surface area contributed by atoms with Crippen LogP contribution in [0.15, 0.2) is 46.3 Å². The van der Waals surface area contributed by atoms with Crippen LogP contribution in [0.3, 0.4) is 0 Å². The summed E-state index contributed by atoms with van der Waals surface area (Å²) in [6.07, 6.45) is -4.38. The van der Waals surface area contributed by atoms with Crippen LogP contribution in [0, 0.1) is 0 Å². The van der Waals surface area contributed by atoms with E-state index in [-0.39, 0.29) is 11.7 Å². The molecule has 1 aliphatic rings. The van der Waals surface area contributed by atoms with Crippen LogP contribution in [0.2, 0.25) is 0 Å². The summed E-state index contributed by atoms with van der Waals surface area (Å²) in [6.45, 7) is 2.99. The molecule has 0 aliphatic carbocycles. The minimum atomic E-state index is -4.38. The van der Waals surface area contributed by atoms with E-state index in [0.717, 1.165) is 17.0 Å². The van der Waals surface area contributed by atoms with Crippen LogP contribution in [0.5, 0.6) is 0 Å². The number of benzene rings is 1. The number of hydrogen-bond acceptors (Lipinski definition) is 6. The number of aromatic nitrogens is 2. The number of hydrogen-bond donors (Lipinski definition) is 0. The van der Waals surface area contributed by atoms with Gasteiger partial charge in [0, 0.05) is 31.7 Å². The zero-order chi connectivity index (χ0) is 20.4. The van der Waals surface area contributed by atoms with Gasteiger partial charge in [-0.05, 0) is 23.6 Å². The van der Waals surface area contributed by atoms with E-state index in [4.69, 9.17) is 4.52 Å². The molecule has 10 heteroatoms. The Kier molecular flexibility index (Phi) is 5.37. The molecule has 0 N–H and O–H groups in total. The van der Waals surface area contributed by atoms with Crippen LogP contribution >= 0.6 is 11.3 Å². The molecule has 4 rings (SSSR count). The lowest BCUT2D eigenvalue weighted by atomic mass is 10.1. The van der Waals surface area contributed by atoms with E-state index in [1.165, 1.54) is 23.5 Å². The molecule has 0 saturated carbocycles. The first-order valence-electron chi connectivity index (χ1n) is 8.95. The van der Waals surface area contributed by atoms with Crippen molar-refractivity contribution in [3.63, 3.8) is 0 Å². The van der Waals surface area contributed by atoms with Gasteiger partial charge in [0.25, 0.3) is 5.91 Å². The summed E-state index contributed by atoms with van der Waals surface area (Å²) in [4.78, 5) is 21.3. The predicted molar refractivity (Wildman–Crippen MR) is 100 cm³/mol. The van der Waals surface area contributed by atoms with E-state index in [1.54, 1.807) is 0 Å². The standard InChI is InChI=1S/C19H17F3N4O2S/c20-19(21,22)14-5-3-13(4-6-14)17-23-16(28-24-17)12-25-7-9-26(10-8-25)18(27)15-2-1-11-29-15/h1-6,11H,7-10,12H2. The van der Waals surface area contributed by atoms with Crippen LogP contribution in [-0.4, -0.2) is 52.0 Å².